The molecule has 0 heterocycles. The van der Waals surface area contributed by atoms with Gasteiger partial charge >= 0.3 is 18.0 Å². The number of halogens is 8. The molecule has 3 nitrogen and oxygen atoms in total. The minimum atomic E-state index is -6.74. The van der Waals surface area contributed by atoms with Crippen LogP contribution < -0.4 is 0 Å². The Bertz CT molecular complexity index is 758. The lowest BCUT2D eigenvalue weighted by Gasteiger charge is -2.28. The Kier molecular flexibility index (Phi) is 3.74. The van der Waals surface area contributed by atoms with Crippen molar-refractivity contribution >= 4 is 17.3 Å². The molecule has 1 aliphatic carbocycles. The van der Waals surface area contributed by atoms with Crippen molar-refractivity contribution in [1.29, 1.82) is 0 Å². The Morgan fingerprint density at radius 2 is 1.42 bits per heavy atom. The Balaban J connectivity index is 2.68. The van der Waals surface area contributed by atoms with Crippen molar-refractivity contribution < 1.29 is 49.8 Å². The van der Waals surface area contributed by atoms with Gasteiger partial charge in [-0.25, -0.2) is 8.78 Å². The number of hydrogen-bond acceptors (Lipinski definition) is 3. The van der Waals surface area contributed by atoms with Crippen molar-refractivity contribution in [3.8, 4) is 0 Å². The van der Waals surface area contributed by atoms with Gasteiger partial charge in [-0.15, -0.1) is 0 Å². The number of allylic oxidation sites excluding steroid dienone is 1. The molecule has 11 heteroatoms. The standard InChI is InChI=1S/C13H4F8O3/c14-4-1-2-5-6(3-4)9(23)7(8(5)22)10(24)11(15,12(16,17)18)13(19,20)21/h1-3,23H. The first-order chi connectivity index (χ1) is 10.7. The largest absolute Gasteiger partial charge is 0.506 e. The lowest BCUT2D eigenvalue weighted by molar-refractivity contribution is -0.323. The molecule has 2 rings (SSSR count). The minimum absolute atomic E-state index is 0.407. The molecule has 0 fully saturated rings. The number of rotatable bonds is 2. The Hall–Kier alpha value is -2.46. The first kappa shape index (κ1) is 17.9. The second kappa shape index (κ2) is 5.02. The number of carbonyl (C=O) groups excluding carboxylic acids is 2. The van der Waals surface area contributed by atoms with E-state index >= 15 is 0 Å². The summed E-state index contributed by atoms with van der Waals surface area (Å²) in [6.07, 6.45) is -13.5. The molecule has 0 atom stereocenters. The fraction of sp³-hybridized carbons (Fsp3) is 0.231. The molecule has 0 spiro atoms. The number of Topliss-reactive ketones (excluding diaryl/α,β-unsaturated/α-hetero) is 2. The molecule has 0 saturated carbocycles. The third-order valence-electron chi connectivity index (χ3n) is 3.27. The van der Waals surface area contributed by atoms with Gasteiger partial charge in [0.15, 0.2) is 0 Å². The predicted octanol–water partition coefficient (Wildman–Crippen LogP) is 3.69. The van der Waals surface area contributed by atoms with E-state index in [1.165, 1.54) is 0 Å². The summed E-state index contributed by atoms with van der Waals surface area (Å²) in [5.41, 5.74) is -9.99. The average molecular weight is 360 g/mol. The quantitative estimate of drug-likeness (QED) is 0.647. The van der Waals surface area contributed by atoms with Crippen molar-refractivity contribution in [1.82, 2.24) is 0 Å². The summed E-state index contributed by atoms with van der Waals surface area (Å²) < 4.78 is 102. The normalized spacial score (nSPS) is 15.8. The molecule has 0 unspecified atom stereocenters. The SMILES string of the molecule is O=C1C(C(=O)C(F)(C(F)(F)F)C(F)(F)F)=C(O)c2cc(F)ccc21. The fourth-order valence-electron chi connectivity index (χ4n) is 2.09. The van der Waals surface area contributed by atoms with Crippen LogP contribution in [0.1, 0.15) is 15.9 Å². The van der Waals surface area contributed by atoms with Crippen molar-refractivity contribution in [3.05, 3.63) is 40.7 Å². The highest BCUT2D eigenvalue weighted by Gasteiger charge is 2.78. The van der Waals surface area contributed by atoms with Crippen LogP contribution in [-0.4, -0.2) is 34.7 Å². The summed E-state index contributed by atoms with van der Waals surface area (Å²) in [5, 5.41) is 9.57. The molecule has 0 saturated heterocycles. The monoisotopic (exact) mass is 360 g/mol. The number of ketones is 2. The highest BCUT2D eigenvalue weighted by atomic mass is 19.4. The third-order valence-corrected chi connectivity index (χ3v) is 3.27. The lowest BCUT2D eigenvalue weighted by Crippen LogP contribution is -2.59. The smallest absolute Gasteiger partial charge is 0.439 e. The maximum Gasteiger partial charge on any atom is 0.439 e. The van der Waals surface area contributed by atoms with Crippen molar-refractivity contribution in [2.75, 3.05) is 0 Å². The molecule has 0 amide bonds. The van der Waals surface area contributed by atoms with E-state index in [0.29, 0.717) is 18.2 Å². The molecule has 0 aliphatic heterocycles. The van der Waals surface area contributed by atoms with Crippen LogP contribution in [0.5, 0.6) is 0 Å². The molecule has 0 bridgehead atoms. The molecule has 1 aliphatic rings. The molecule has 1 aromatic rings. The molecule has 130 valence electrons. The summed E-state index contributed by atoms with van der Waals surface area (Å²) in [6, 6.07) is 1.65. The number of aliphatic hydroxyl groups excluding tert-OH is 1. The highest BCUT2D eigenvalue weighted by Crippen LogP contribution is 2.49. The maximum absolute atomic E-state index is 13.7. The molecular formula is C13H4F8O3. The molecular weight excluding hydrogens is 356 g/mol. The average Bonchev–Trinajstić information content (AvgIpc) is 2.66. The van der Waals surface area contributed by atoms with Crippen LogP contribution in [0.4, 0.5) is 35.1 Å². The Labute approximate surface area is 127 Å². The number of benzene rings is 1. The van der Waals surface area contributed by atoms with E-state index in [0.717, 1.165) is 0 Å². The van der Waals surface area contributed by atoms with Crippen LogP contribution in [0.3, 0.4) is 0 Å². The van der Waals surface area contributed by atoms with Gasteiger partial charge < -0.3 is 5.11 Å². The predicted molar refractivity (Wildman–Crippen MR) is 61.2 cm³/mol. The van der Waals surface area contributed by atoms with E-state index in [1.807, 2.05) is 0 Å². The lowest BCUT2D eigenvalue weighted by atomic mass is 9.91. The summed E-state index contributed by atoms with van der Waals surface area (Å²) in [5.74, 6) is -7.85. The fourth-order valence-corrected chi connectivity index (χ4v) is 2.09. The van der Waals surface area contributed by atoms with Crippen LogP contribution in [0, 0.1) is 5.82 Å². The Morgan fingerprint density at radius 1 is 0.917 bits per heavy atom. The van der Waals surface area contributed by atoms with Crippen LogP contribution >= 0.6 is 0 Å². The number of hydrogen-bond donors (Lipinski definition) is 1. The van der Waals surface area contributed by atoms with Gasteiger partial charge in [-0.3, -0.25) is 9.59 Å². The summed E-state index contributed by atoms with van der Waals surface area (Å²) >= 11 is 0. The van der Waals surface area contributed by atoms with Gasteiger partial charge in [-0.05, 0) is 18.2 Å². The molecule has 0 aromatic heterocycles. The van der Waals surface area contributed by atoms with Crippen LogP contribution in [0.15, 0.2) is 23.8 Å². The number of aliphatic hydroxyl groups is 1. The second-order valence-corrected chi connectivity index (χ2v) is 4.73. The van der Waals surface area contributed by atoms with Gasteiger partial charge in [0.1, 0.15) is 17.1 Å². The summed E-state index contributed by atoms with van der Waals surface area (Å²) in [6.45, 7) is 0. The van der Waals surface area contributed by atoms with E-state index in [1.54, 1.807) is 0 Å². The number of alkyl halides is 7. The number of carbonyl (C=O) groups is 2. The summed E-state index contributed by atoms with van der Waals surface area (Å²) in [4.78, 5) is 23.4. The van der Waals surface area contributed by atoms with E-state index in [-0.39, 0.29) is 0 Å². The summed E-state index contributed by atoms with van der Waals surface area (Å²) in [7, 11) is 0. The topological polar surface area (TPSA) is 54.4 Å². The first-order valence-corrected chi connectivity index (χ1v) is 5.88. The van der Waals surface area contributed by atoms with Gasteiger partial charge in [0.05, 0.1) is 0 Å². The molecule has 1 N–H and O–H groups in total. The molecule has 1 aromatic carbocycles. The maximum atomic E-state index is 13.7. The Morgan fingerprint density at radius 3 is 1.88 bits per heavy atom. The number of fused-ring (bicyclic) bond motifs is 1. The van der Waals surface area contributed by atoms with Gasteiger partial charge in [-0.1, -0.05) is 0 Å². The van der Waals surface area contributed by atoms with E-state index in [2.05, 4.69) is 0 Å². The van der Waals surface area contributed by atoms with E-state index in [4.69, 9.17) is 0 Å². The van der Waals surface area contributed by atoms with Crippen LogP contribution in [-0.2, 0) is 4.79 Å². The third kappa shape index (κ3) is 2.26. The van der Waals surface area contributed by atoms with E-state index < -0.39 is 57.9 Å². The van der Waals surface area contributed by atoms with Gasteiger partial charge in [-0.2, -0.15) is 26.3 Å². The highest BCUT2D eigenvalue weighted by molar-refractivity contribution is 6.36. The van der Waals surface area contributed by atoms with Gasteiger partial charge in [0, 0.05) is 11.1 Å². The van der Waals surface area contributed by atoms with Crippen LogP contribution in [0.2, 0.25) is 0 Å². The van der Waals surface area contributed by atoms with E-state index in [9.17, 15) is 49.8 Å². The van der Waals surface area contributed by atoms with Crippen molar-refractivity contribution in [2.24, 2.45) is 0 Å². The van der Waals surface area contributed by atoms with Crippen LogP contribution in [0.25, 0.3) is 5.76 Å². The zero-order chi connectivity index (χ0) is 18.7. The zero-order valence-electron chi connectivity index (χ0n) is 11.0. The molecule has 24 heavy (non-hydrogen) atoms. The minimum Gasteiger partial charge on any atom is -0.506 e. The molecule has 0 radical (unpaired) electrons. The second-order valence-electron chi connectivity index (χ2n) is 4.73. The van der Waals surface area contributed by atoms with Crippen molar-refractivity contribution in [3.63, 3.8) is 0 Å². The van der Waals surface area contributed by atoms with Gasteiger partial charge in [0.25, 0.3) is 0 Å². The van der Waals surface area contributed by atoms with Gasteiger partial charge in [0.2, 0.25) is 11.6 Å². The zero-order valence-corrected chi connectivity index (χ0v) is 11.0. The first-order valence-electron chi connectivity index (χ1n) is 5.88. The van der Waals surface area contributed by atoms with Crippen molar-refractivity contribution in [2.45, 2.75) is 18.0 Å².